The minimum Gasteiger partial charge on any atom is -0.508 e. The zero-order valence-electron chi connectivity index (χ0n) is 16.2. The molecule has 0 bridgehead atoms. The lowest BCUT2D eigenvalue weighted by atomic mass is 10.0. The monoisotopic (exact) mass is 416 g/mol. The van der Waals surface area contributed by atoms with Crippen LogP contribution >= 0.6 is 7.60 Å². The van der Waals surface area contributed by atoms with Crippen molar-refractivity contribution in [2.75, 3.05) is 0 Å². The van der Waals surface area contributed by atoms with E-state index in [-0.39, 0.29) is 11.9 Å². The number of benzene rings is 4. The molecule has 4 aromatic carbocycles. The van der Waals surface area contributed by atoms with Gasteiger partial charge in [-0.1, -0.05) is 72.8 Å². The predicted octanol–water partition coefficient (Wildman–Crippen LogP) is 6.91. The third-order valence-electron chi connectivity index (χ3n) is 4.53. The van der Waals surface area contributed by atoms with Crippen LogP contribution in [0.5, 0.6) is 17.2 Å². The Morgan fingerprint density at radius 2 is 1.13 bits per heavy atom. The highest BCUT2D eigenvalue weighted by Crippen LogP contribution is 2.52. The number of phenols is 1. The zero-order chi connectivity index (χ0) is 20.8. The van der Waals surface area contributed by atoms with E-state index in [4.69, 9.17) is 9.05 Å². The minimum atomic E-state index is -3.68. The minimum absolute atomic E-state index is 0.0447. The van der Waals surface area contributed by atoms with Crippen LogP contribution in [0.25, 0.3) is 11.1 Å². The fraction of sp³-hybridized carbons (Fsp3) is 0.0400. The van der Waals surface area contributed by atoms with E-state index >= 15 is 0 Å². The van der Waals surface area contributed by atoms with Gasteiger partial charge in [0.05, 0.1) is 0 Å². The molecule has 0 unspecified atom stereocenters. The normalized spacial score (nSPS) is 11.1. The Hall–Kier alpha value is -3.49. The van der Waals surface area contributed by atoms with Crippen LogP contribution in [0.15, 0.2) is 109 Å². The van der Waals surface area contributed by atoms with Gasteiger partial charge in [-0.2, -0.15) is 0 Å². The second-order valence-corrected chi connectivity index (χ2v) is 8.69. The van der Waals surface area contributed by atoms with Crippen LogP contribution in [0.3, 0.4) is 0 Å². The quantitative estimate of drug-likeness (QED) is 0.333. The maximum atomic E-state index is 13.8. The Balaban J connectivity index is 1.68. The number of hydrogen-bond acceptors (Lipinski definition) is 4. The maximum Gasteiger partial charge on any atom is 0.435 e. The summed E-state index contributed by atoms with van der Waals surface area (Å²) >= 11 is 0. The molecule has 0 atom stereocenters. The van der Waals surface area contributed by atoms with Crippen LogP contribution in [0.4, 0.5) is 0 Å². The fourth-order valence-electron chi connectivity index (χ4n) is 3.10. The number of aromatic hydroxyl groups is 1. The molecule has 4 nitrogen and oxygen atoms in total. The van der Waals surface area contributed by atoms with Crippen molar-refractivity contribution in [3.8, 4) is 28.4 Å². The third-order valence-corrected chi connectivity index (χ3v) is 6.23. The van der Waals surface area contributed by atoms with E-state index in [9.17, 15) is 9.67 Å². The van der Waals surface area contributed by atoms with E-state index in [0.29, 0.717) is 17.1 Å². The van der Waals surface area contributed by atoms with Gasteiger partial charge in [-0.05, 0) is 47.5 Å². The van der Waals surface area contributed by atoms with Crippen molar-refractivity contribution < 1.29 is 18.7 Å². The Bertz CT molecular complexity index is 1100. The van der Waals surface area contributed by atoms with Gasteiger partial charge in [0.1, 0.15) is 23.4 Å². The largest absolute Gasteiger partial charge is 0.508 e. The van der Waals surface area contributed by atoms with Crippen LogP contribution in [-0.2, 0) is 10.7 Å². The summed E-state index contributed by atoms with van der Waals surface area (Å²) in [6.45, 7) is 0. The van der Waals surface area contributed by atoms with Crippen molar-refractivity contribution in [2.24, 2.45) is 0 Å². The van der Waals surface area contributed by atoms with E-state index < -0.39 is 7.60 Å². The third kappa shape index (κ3) is 4.91. The van der Waals surface area contributed by atoms with Gasteiger partial charge in [0, 0.05) is 5.56 Å². The average molecular weight is 416 g/mol. The molecular weight excluding hydrogens is 395 g/mol. The Morgan fingerprint density at radius 3 is 1.67 bits per heavy atom. The molecule has 0 heterocycles. The van der Waals surface area contributed by atoms with E-state index in [1.165, 1.54) is 0 Å². The molecule has 0 saturated carbocycles. The first-order valence-electron chi connectivity index (χ1n) is 9.57. The van der Waals surface area contributed by atoms with Crippen molar-refractivity contribution in [1.82, 2.24) is 0 Å². The first-order valence-corrected chi connectivity index (χ1v) is 11.3. The van der Waals surface area contributed by atoms with Crippen LogP contribution in [-0.4, -0.2) is 5.11 Å². The van der Waals surface area contributed by atoms with E-state index in [0.717, 1.165) is 11.1 Å². The lowest BCUT2D eigenvalue weighted by Gasteiger charge is -2.21. The first kappa shape index (κ1) is 19.8. The van der Waals surface area contributed by atoms with Gasteiger partial charge >= 0.3 is 7.60 Å². The van der Waals surface area contributed by atoms with Gasteiger partial charge in [0.25, 0.3) is 0 Å². The van der Waals surface area contributed by atoms with Crippen LogP contribution in [0.2, 0.25) is 0 Å². The van der Waals surface area contributed by atoms with Gasteiger partial charge < -0.3 is 14.2 Å². The first-order chi connectivity index (χ1) is 14.6. The molecular formula is C25H21O4P. The number of phenolic OH excluding ortho intramolecular Hbond substituents is 1. The van der Waals surface area contributed by atoms with Crippen molar-refractivity contribution in [2.45, 2.75) is 6.16 Å². The molecule has 0 fully saturated rings. The SMILES string of the molecule is O=P(Cc1cc(-c2ccccc2)ccc1O)(Oc1ccccc1)Oc1ccccc1. The Morgan fingerprint density at radius 1 is 0.633 bits per heavy atom. The molecule has 1 N–H and O–H groups in total. The molecule has 150 valence electrons. The van der Waals surface area contributed by atoms with Gasteiger partial charge in [-0.25, -0.2) is 4.57 Å². The standard InChI is InChI=1S/C25H21O4P/c26-25-17-16-21(20-10-4-1-5-11-20)18-22(25)19-30(27,28-23-12-6-2-7-13-23)29-24-14-8-3-9-15-24/h1-18,26H,19H2. The van der Waals surface area contributed by atoms with E-state index in [2.05, 4.69) is 0 Å². The van der Waals surface area contributed by atoms with Crippen LogP contribution in [0.1, 0.15) is 5.56 Å². The van der Waals surface area contributed by atoms with Crippen LogP contribution in [0, 0.1) is 0 Å². The van der Waals surface area contributed by atoms with E-state index in [1.807, 2.05) is 54.6 Å². The van der Waals surface area contributed by atoms with Crippen molar-refractivity contribution in [3.63, 3.8) is 0 Å². The molecule has 0 aliphatic rings. The van der Waals surface area contributed by atoms with Gasteiger partial charge in [0.2, 0.25) is 0 Å². The molecule has 0 aromatic heterocycles. The summed E-state index contributed by atoms with van der Waals surface area (Å²) in [6, 6.07) is 32.9. The zero-order valence-corrected chi connectivity index (χ0v) is 17.1. The number of para-hydroxylation sites is 2. The highest BCUT2D eigenvalue weighted by molar-refractivity contribution is 7.53. The molecule has 0 aliphatic carbocycles. The Labute approximate surface area is 175 Å². The summed E-state index contributed by atoms with van der Waals surface area (Å²) in [4.78, 5) is 0. The fourth-order valence-corrected chi connectivity index (χ4v) is 4.82. The van der Waals surface area contributed by atoms with Gasteiger partial charge in [-0.3, -0.25) is 0 Å². The second kappa shape index (κ2) is 8.89. The van der Waals surface area contributed by atoms with Crippen LogP contribution < -0.4 is 9.05 Å². The molecule has 5 heteroatoms. The summed E-state index contributed by atoms with van der Waals surface area (Å²) in [6.07, 6.45) is -0.0801. The summed E-state index contributed by atoms with van der Waals surface area (Å²) in [5.74, 6) is 0.925. The molecule has 4 aromatic rings. The summed E-state index contributed by atoms with van der Waals surface area (Å²) < 4.78 is 25.4. The Kier molecular flexibility index (Phi) is 5.87. The molecule has 0 aliphatic heterocycles. The van der Waals surface area contributed by atoms with Crippen molar-refractivity contribution >= 4 is 7.60 Å². The molecule has 0 saturated heterocycles. The summed E-state index contributed by atoms with van der Waals surface area (Å²) in [5, 5.41) is 10.4. The summed E-state index contributed by atoms with van der Waals surface area (Å²) in [5.41, 5.74) is 2.41. The van der Waals surface area contributed by atoms with Gasteiger partial charge in [-0.15, -0.1) is 0 Å². The number of hydrogen-bond donors (Lipinski definition) is 1. The molecule has 30 heavy (non-hydrogen) atoms. The van der Waals surface area contributed by atoms with Gasteiger partial charge in [0.15, 0.2) is 0 Å². The average Bonchev–Trinajstić information content (AvgIpc) is 2.77. The predicted molar refractivity (Wildman–Crippen MR) is 119 cm³/mol. The van der Waals surface area contributed by atoms with E-state index in [1.54, 1.807) is 54.6 Å². The summed E-state index contributed by atoms with van der Waals surface area (Å²) in [7, 11) is -3.68. The molecule has 4 rings (SSSR count). The highest BCUT2D eigenvalue weighted by atomic mass is 31.2. The lowest BCUT2D eigenvalue weighted by Crippen LogP contribution is -2.04. The molecule has 0 amide bonds. The number of rotatable bonds is 7. The molecule has 0 spiro atoms. The highest BCUT2D eigenvalue weighted by Gasteiger charge is 2.30. The maximum absolute atomic E-state index is 13.8. The molecule has 0 radical (unpaired) electrons. The van der Waals surface area contributed by atoms with Crippen molar-refractivity contribution in [3.05, 3.63) is 115 Å². The lowest BCUT2D eigenvalue weighted by molar-refractivity contribution is 0.383. The topological polar surface area (TPSA) is 55.8 Å². The second-order valence-electron chi connectivity index (χ2n) is 6.79. The van der Waals surface area contributed by atoms with Crippen molar-refractivity contribution in [1.29, 1.82) is 0 Å². The smallest absolute Gasteiger partial charge is 0.435 e.